The van der Waals surface area contributed by atoms with Crippen LogP contribution in [-0.2, 0) is 6.42 Å². The second-order valence-corrected chi connectivity index (χ2v) is 8.92. The lowest BCUT2D eigenvalue weighted by atomic mass is 9.89. The van der Waals surface area contributed by atoms with Crippen LogP contribution in [0, 0.1) is 5.92 Å². The summed E-state index contributed by atoms with van der Waals surface area (Å²) in [7, 11) is 0.152. The van der Waals surface area contributed by atoms with Gasteiger partial charge in [-0.15, -0.1) is 0 Å². The van der Waals surface area contributed by atoms with Crippen LogP contribution in [0.1, 0.15) is 11.1 Å². The Kier molecular flexibility index (Phi) is 5.84. The molecule has 2 N–H and O–H groups in total. The lowest BCUT2D eigenvalue weighted by Crippen LogP contribution is -2.33. The van der Waals surface area contributed by atoms with Crippen LogP contribution < -0.4 is 10.6 Å². The first-order chi connectivity index (χ1) is 12.5. The minimum atomic E-state index is 0.152. The molecule has 26 heavy (non-hydrogen) atoms. The van der Waals surface area contributed by atoms with E-state index in [9.17, 15) is 0 Å². The van der Waals surface area contributed by atoms with Gasteiger partial charge in [0.05, 0.1) is 11.9 Å². The van der Waals surface area contributed by atoms with Gasteiger partial charge in [-0.1, -0.05) is 54.4 Å². The summed E-state index contributed by atoms with van der Waals surface area (Å²) in [5.74, 6) is 5.42. The third kappa shape index (κ3) is 4.19. The number of allylic oxidation sites excluding steroid dienone is 1. The van der Waals surface area contributed by atoms with Crippen LogP contribution >= 0.6 is 22.1 Å². The minimum Gasteiger partial charge on any atom is -0.397 e. The second kappa shape index (κ2) is 8.11. The molecule has 1 aliphatic heterocycles. The monoisotopic (exact) mass is 385 g/mol. The van der Waals surface area contributed by atoms with Crippen molar-refractivity contribution in [2.45, 2.75) is 6.42 Å². The van der Waals surface area contributed by atoms with Gasteiger partial charge in [0.25, 0.3) is 0 Å². The molecular formula is C21H24ClN3S. The fourth-order valence-corrected chi connectivity index (χ4v) is 3.83. The van der Waals surface area contributed by atoms with E-state index in [0.29, 0.717) is 10.8 Å². The van der Waals surface area contributed by atoms with Crippen molar-refractivity contribution in [3.8, 4) is 0 Å². The SMILES string of the molecule is C=C1C(/C=C/c2cc(Cl)ncc2N)Cc2ccccc2N1CCS(=C)C. The molecule has 2 atom stereocenters. The number of nitrogens with zero attached hydrogens (tertiary/aromatic N) is 2. The second-order valence-electron chi connectivity index (χ2n) is 6.56. The number of benzene rings is 1. The Morgan fingerprint density at radius 2 is 2.19 bits per heavy atom. The van der Waals surface area contributed by atoms with Crippen LogP contribution in [0.25, 0.3) is 6.08 Å². The molecule has 136 valence electrons. The summed E-state index contributed by atoms with van der Waals surface area (Å²) >= 11 is 6.00. The molecule has 2 unspecified atom stereocenters. The quantitative estimate of drug-likeness (QED) is 0.590. The zero-order valence-corrected chi connectivity index (χ0v) is 16.6. The van der Waals surface area contributed by atoms with Crippen molar-refractivity contribution in [1.29, 1.82) is 0 Å². The van der Waals surface area contributed by atoms with E-state index in [-0.39, 0.29) is 16.4 Å². The Morgan fingerprint density at radius 1 is 1.42 bits per heavy atom. The highest BCUT2D eigenvalue weighted by atomic mass is 35.5. The lowest BCUT2D eigenvalue weighted by molar-refractivity contribution is 0.681. The summed E-state index contributed by atoms with van der Waals surface area (Å²) in [6.45, 7) is 5.33. The Balaban J connectivity index is 1.88. The maximum atomic E-state index is 6.01. The van der Waals surface area contributed by atoms with Crippen molar-refractivity contribution in [1.82, 2.24) is 4.98 Å². The van der Waals surface area contributed by atoms with E-state index in [4.69, 9.17) is 17.3 Å². The number of nitrogen functional groups attached to an aromatic ring is 1. The van der Waals surface area contributed by atoms with Gasteiger partial charge >= 0.3 is 0 Å². The molecule has 1 aliphatic rings. The highest BCUT2D eigenvalue weighted by Crippen LogP contribution is 2.36. The van der Waals surface area contributed by atoms with E-state index in [1.165, 1.54) is 11.3 Å². The summed E-state index contributed by atoms with van der Waals surface area (Å²) in [5.41, 5.74) is 11.2. The molecule has 1 aromatic heterocycles. The molecule has 3 nitrogen and oxygen atoms in total. The maximum absolute atomic E-state index is 6.01. The molecule has 2 heterocycles. The van der Waals surface area contributed by atoms with Gasteiger partial charge in [0, 0.05) is 35.2 Å². The van der Waals surface area contributed by atoms with E-state index in [2.05, 4.69) is 58.9 Å². The van der Waals surface area contributed by atoms with Crippen LogP contribution in [0.4, 0.5) is 11.4 Å². The third-order valence-corrected chi connectivity index (χ3v) is 5.69. The number of nitrogens with two attached hydrogens (primary N) is 1. The predicted molar refractivity (Wildman–Crippen MR) is 118 cm³/mol. The molecule has 0 amide bonds. The molecule has 3 rings (SSSR count). The summed E-state index contributed by atoms with van der Waals surface area (Å²) in [4.78, 5) is 6.35. The van der Waals surface area contributed by atoms with E-state index in [0.717, 1.165) is 30.0 Å². The average Bonchev–Trinajstić information content (AvgIpc) is 2.61. The number of hydrogen-bond donors (Lipinski definition) is 1. The normalized spacial score (nSPS) is 18.2. The van der Waals surface area contributed by atoms with E-state index in [1.807, 2.05) is 6.08 Å². The smallest absolute Gasteiger partial charge is 0.129 e. The molecule has 0 saturated carbocycles. The zero-order valence-electron chi connectivity index (χ0n) is 15.0. The minimum absolute atomic E-state index is 0.152. The van der Waals surface area contributed by atoms with E-state index >= 15 is 0 Å². The van der Waals surface area contributed by atoms with Crippen molar-refractivity contribution in [2.75, 3.05) is 29.2 Å². The number of rotatable bonds is 5. The third-order valence-electron chi connectivity index (χ3n) is 4.60. The topological polar surface area (TPSA) is 42.1 Å². The molecule has 0 saturated heterocycles. The van der Waals surface area contributed by atoms with Gasteiger partial charge in [0.2, 0.25) is 0 Å². The predicted octanol–water partition coefficient (Wildman–Crippen LogP) is 4.85. The Morgan fingerprint density at radius 3 is 2.96 bits per heavy atom. The van der Waals surface area contributed by atoms with Crippen LogP contribution in [0.5, 0.6) is 0 Å². The molecule has 1 aromatic carbocycles. The van der Waals surface area contributed by atoms with Gasteiger partial charge in [0.15, 0.2) is 0 Å². The summed E-state index contributed by atoms with van der Waals surface area (Å²) < 4.78 is 0. The molecule has 0 bridgehead atoms. The number of pyridine rings is 1. The summed E-state index contributed by atoms with van der Waals surface area (Å²) in [6.07, 6.45) is 8.89. The van der Waals surface area contributed by atoms with Crippen molar-refractivity contribution >= 4 is 45.4 Å². The largest absolute Gasteiger partial charge is 0.397 e. The Bertz CT molecular complexity index is 875. The first-order valence-corrected chi connectivity index (χ1v) is 10.9. The fourth-order valence-electron chi connectivity index (χ4n) is 3.17. The number of aromatic nitrogens is 1. The van der Waals surface area contributed by atoms with E-state index < -0.39 is 0 Å². The van der Waals surface area contributed by atoms with Gasteiger partial charge in [-0.05, 0) is 30.4 Å². The van der Waals surface area contributed by atoms with Crippen molar-refractivity contribution in [3.63, 3.8) is 0 Å². The first-order valence-electron chi connectivity index (χ1n) is 8.51. The van der Waals surface area contributed by atoms with Crippen LogP contribution in [0.3, 0.4) is 0 Å². The van der Waals surface area contributed by atoms with Gasteiger partial charge < -0.3 is 10.6 Å². The molecule has 0 fully saturated rings. The Hall–Kier alpha value is -2.04. The standard InChI is InChI=1S/C21H24ClN3S/c1-15-16(8-9-17-13-21(22)24-14-19(17)23)12-18-6-4-5-7-20(18)25(15)10-11-26(2)3/h4-9,13-14,16H,1-2,10-12,23H2,3H3/b9-8+. The van der Waals surface area contributed by atoms with Gasteiger partial charge in [-0.3, -0.25) is 0 Å². The molecule has 0 radical (unpaired) electrons. The van der Waals surface area contributed by atoms with Crippen molar-refractivity contribution in [3.05, 3.63) is 71.2 Å². The van der Waals surface area contributed by atoms with Gasteiger partial charge in [-0.2, -0.15) is 10.5 Å². The first kappa shape index (κ1) is 18.7. The molecule has 2 aromatic rings. The Labute approximate surface area is 163 Å². The number of hydrogen-bond acceptors (Lipinski definition) is 3. The van der Waals surface area contributed by atoms with Crippen molar-refractivity contribution in [2.24, 2.45) is 5.92 Å². The van der Waals surface area contributed by atoms with Crippen LogP contribution in [-0.4, -0.2) is 29.4 Å². The van der Waals surface area contributed by atoms with E-state index in [1.54, 1.807) is 12.3 Å². The molecular weight excluding hydrogens is 362 g/mol. The van der Waals surface area contributed by atoms with Crippen LogP contribution in [0.15, 0.2) is 54.9 Å². The number of halogens is 1. The average molecular weight is 386 g/mol. The summed E-state index contributed by atoms with van der Waals surface area (Å²) in [6, 6.07) is 10.3. The van der Waals surface area contributed by atoms with Crippen LogP contribution in [0.2, 0.25) is 5.15 Å². The van der Waals surface area contributed by atoms with Gasteiger partial charge in [0.1, 0.15) is 5.15 Å². The highest BCUT2D eigenvalue weighted by molar-refractivity contribution is 8.13. The molecule has 0 spiro atoms. The summed E-state index contributed by atoms with van der Waals surface area (Å²) in [5, 5.41) is 0.443. The zero-order chi connectivity index (χ0) is 18.7. The molecule has 5 heteroatoms. The van der Waals surface area contributed by atoms with Crippen molar-refractivity contribution < 1.29 is 0 Å². The highest BCUT2D eigenvalue weighted by Gasteiger charge is 2.26. The number of fused-ring (bicyclic) bond motifs is 1. The number of anilines is 2. The molecule has 0 aliphatic carbocycles. The van der Waals surface area contributed by atoms with Gasteiger partial charge in [-0.25, -0.2) is 4.98 Å². The lowest BCUT2D eigenvalue weighted by Gasteiger charge is -2.37. The number of para-hydroxylation sites is 1. The fraction of sp³-hybridized carbons (Fsp3) is 0.238. The maximum Gasteiger partial charge on any atom is 0.129 e.